The molecule has 0 bridgehead atoms. The molecule has 0 aliphatic carbocycles. The molecule has 0 fully saturated rings. The zero-order valence-electron chi connectivity index (χ0n) is 17.4. The predicted octanol–water partition coefficient (Wildman–Crippen LogP) is 5.84. The Hall–Kier alpha value is -3.63. The Morgan fingerprint density at radius 3 is 1.94 bits per heavy atom. The number of aromatic nitrogens is 1. The van der Waals surface area contributed by atoms with Gasteiger partial charge in [0.25, 0.3) is 10.1 Å². The fourth-order valence-electron chi connectivity index (χ4n) is 2.58. The first-order valence-corrected chi connectivity index (χ1v) is 10.9. The molecule has 4 rings (SSSR count). The van der Waals surface area contributed by atoms with Gasteiger partial charge >= 0.3 is 6.18 Å². The van der Waals surface area contributed by atoms with Gasteiger partial charge in [-0.1, -0.05) is 71.4 Å². The molecule has 10 heteroatoms. The highest BCUT2D eigenvalue weighted by atomic mass is 32.2. The van der Waals surface area contributed by atoms with Crippen LogP contribution >= 0.6 is 0 Å². The summed E-state index contributed by atoms with van der Waals surface area (Å²) in [5.74, 6) is 0. The summed E-state index contributed by atoms with van der Waals surface area (Å²) in [6, 6.07) is 23.3. The van der Waals surface area contributed by atoms with Crippen LogP contribution in [0.5, 0.6) is 0 Å². The first-order valence-electron chi connectivity index (χ1n) is 9.43. The van der Waals surface area contributed by atoms with E-state index in [2.05, 4.69) is 28.3 Å². The molecule has 0 saturated carbocycles. The van der Waals surface area contributed by atoms with Crippen LogP contribution in [-0.4, -0.2) is 35.0 Å². The van der Waals surface area contributed by atoms with Crippen molar-refractivity contribution in [2.75, 3.05) is 0 Å². The fraction of sp³-hybridized carbons (Fsp3) is 0.0870. The van der Waals surface area contributed by atoms with Gasteiger partial charge in [0.2, 0.25) is 0 Å². The highest BCUT2D eigenvalue weighted by Gasteiger charge is 2.37. The van der Waals surface area contributed by atoms with Crippen molar-refractivity contribution < 1.29 is 31.3 Å². The number of rotatable bonds is 2. The number of oxime groups is 1. The average Bonchev–Trinajstić information content (AvgIpc) is 3.25. The molecule has 3 N–H and O–H groups in total. The minimum atomic E-state index is -4.63. The summed E-state index contributed by atoms with van der Waals surface area (Å²) in [6.07, 6.45) is -2.69. The molecule has 0 atom stereocenters. The number of aryl methyl sites for hydroxylation is 1. The summed E-state index contributed by atoms with van der Waals surface area (Å²) in [7, 11) is -4.00. The molecule has 1 aromatic heterocycles. The van der Waals surface area contributed by atoms with E-state index in [1.807, 2.05) is 18.3 Å². The lowest BCUT2D eigenvalue weighted by molar-refractivity contribution is -0.0601. The molecule has 0 unspecified atom stereocenters. The Labute approximate surface area is 188 Å². The van der Waals surface area contributed by atoms with Crippen molar-refractivity contribution in [1.82, 2.24) is 4.98 Å². The van der Waals surface area contributed by atoms with Gasteiger partial charge in [-0.3, -0.25) is 4.55 Å². The second-order valence-corrected chi connectivity index (χ2v) is 8.09. The van der Waals surface area contributed by atoms with Gasteiger partial charge in [-0.15, -0.1) is 0 Å². The molecule has 6 nitrogen and oxygen atoms in total. The van der Waals surface area contributed by atoms with Crippen molar-refractivity contribution in [3.63, 3.8) is 0 Å². The molecule has 0 saturated heterocycles. The molecule has 4 aromatic rings. The largest absolute Gasteiger partial charge is 0.437 e. The molecular formula is C23H21F3N2O4S. The lowest BCUT2D eigenvalue weighted by Crippen LogP contribution is -2.23. The number of hydrogen-bond donors (Lipinski definition) is 3. The zero-order valence-corrected chi connectivity index (χ0v) is 18.2. The molecule has 1 heterocycles. The first-order chi connectivity index (χ1) is 15.5. The van der Waals surface area contributed by atoms with Crippen LogP contribution in [0.1, 0.15) is 11.1 Å². The predicted molar refractivity (Wildman–Crippen MR) is 120 cm³/mol. The van der Waals surface area contributed by atoms with Gasteiger partial charge in [-0.25, -0.2) is 0 Å². The minimum absolute atomic E-state index is 0.0741. The number of benzene rings is 3. The summed E-state index contributed by atoms with van der Waals surface area (Å²) >= 11 is 0. The topological polar surface area (TPSA) is 103 Å². The quantitative estimate of drug-likeness (QED) is 0.146. The molecule has 0 aliphatic rings. The minimum Gasteiger partial charge on any atom is -0.410 e. The maximum Gasteiger partial charge on any atom is 0.437 e. The summed E-state index contributed by atoms with van der Waals surface area (Å²) in [4.78, 5) is 3.05. The van der Waals surface area contributed by atoms with E-state index >= 15 is 0 Å². The second-order valence-electron chi connectivity index (χ2n) is 6.67. The van der Waals surface area contributed by atoms with Crippen molar-refractivity contribution in [1.29, 1.82) is 0 Å². The van der Waals surface area contributed by atoms with Crippen LogP contribution in [0.2, 0.25) is 0 Å². The number of alkyl halides is 3. The van der Waals surface area contributed by atoms with Gasteiger partial charge in [0.15, 0.2) is 5.71 Å². The smallest absolute Gasteiger partial charge is 0.410 e. The van der Waals surface area contributed by atoms with Crippen molar-refractivity contribution in [3.8, 4) is 0 Å². The summed E-state index contributed by atoms with van der Waals surface area (Å²) in [6.45, 7) is 1.76. The SMILES string of the molecule is Cc1ccc(C(=NO)C(F)(F)F)cc1.O=S(=O)(O)c1ccccc1.c1ccc2[nH]ccc2c1. The zero-order chi connectivity index (χ0) is 24.5. The third kappa shape index (κ3) is 8.09. The van der Waals surface area contributed by atoms with Crippen LogP contribution < -0.4 is 0 Å². The monoisotopic (exact) mass is 478 g/mol. The van der Waals surface area contributed by atoms with Crippen LogP contribution in [-0.2, 0) is 10.1 Å². The fourth-order valence-corrected chi connectivity index (χ4v) is 3.08. The highest BCUT2D eigenvalue weighted by molar-refractivity contribution is 7.85. The normalized spacial score (nSPS) is 11.7. The van der Waals surface area contributed by atoms with E-state index in [0.717, 1.165) is 5.56 Å². The Kier molecular flexibility index (Phi) is 8.78. The van der Waals surface area contributed by atoms with Gasteiger partial charge in [-0.05, 0) is 36.6 Å². The molecule has 0 amide bonds. The number of nitrogens with zero attached hydrogens (tertiary/aromatic N) is 1. The van der Waals surface area contributed by atoms with Crippen molar-refractivity contribution >= 4 is 26.7 Å². The van der Waals surface area contributed by atoms with E-state index in [4.69, 9.17) is 9.76 Å². The van der Waals surface area contributed by atoms with Crippen LogP contribution in [0.3, 0.4) is 0 Å². The number of halogens is 3. The van der Waals surface area contributed by atoms with E-state index in [1.165, 1.54) is 47.3 Å². The number of para-hydroxylation sites is 1. The van der Waals surface area contributed by atoms with Crippen LogP contribution in [0.25, 0.3) is 10.9 Å². The second kappa shape index (κ2) is 11.3. The molecule has 3 aromatic carbocycles. The third-order valence-electron chi connectivity index (χ3n) is 4.20. The van der Waals surface area contributed by atoms with E-state index in [9.17, 15) is 21.6 Å². The number of aromatic amines is 1. The van der Waals surface area contributed by atoms with Gasteiger partial charge in [0.1, 0.15) is 0 Å². The highest BCUT2D eigenvalue weighted by Crippen LogP contribution is 2.22. The number of hydrogen-bond acceptors (Lipinski definition) is 4. The summed E-state index contributed by atoms with van der Waals surface area (Å²) in [5.41, 5.74) is 0.619. The Morgan fingerprint density at radius 1 is 0.879 bits per heavy atom. The standard InChI is InChI=1S/C9H8F3NO.C8H7N.C6H6O3S/c1-6-2-4-7(5-3-6)8(13-14)9(10,11)12;1-2-4-8-7(3-1)5-6-9-8;7-10(8,9)6-4-2-1-3-5-6/h2-5,14H,1H3;1-6,9H;1-5H,(H,7,8,9). The van der Waals surface area contributed by atoms with E-state index in [-0.39, 0.29) is 10.5 Å². The van der Waals surface area contributed by atoms with E-state index < -0.39 is 22.0 Å². The number of nitrogens with one attached hydrogen (secondary N) is 1. The van der Waals surface area contributed by atoms with Crippen LogP contribution in [0.15, 0.2) is 101 Å². The first kappa shape index (κ1) is 25.6. The van der Waals surface area contributed by atoms with Crippen LogP contribution in [0.4, 0.5) is 13.2 Å². The van der Waals surface area contributed by atoms with Crippen molar-refractivity contribution in [2.24, 2.45) is 5.16 Å². The molecule has 0 radical (unpaired) electrons. The molecule has 0 spiro atoms. The van der Waals surface area contributed by atoms with E-state index in [1.54, 1.807) is 25.1 Å². The molecule has 0 aliphatic heterocycles. The van der Waals surface area contributed by atoms with Crippen molar-refractivity contribution in [3.05, 3.63) is 102 Å². The Balaban J connectivity index is 0.000000180. The number of H-pyrrole nitrogens is 1. The van der Waals surface area contributed by atoms with Crippen LogP contribution in [0, 0.1) is 6.92 Å². The average molecular weight is 478 g/mol. The van der Waals surface area contributed by atoms with Gasteiger partial charge in [0.05, 0.1) is 4.90 Å². The Morgan fingerprint density at radius 2 is 1.45 bits per heavy atom. The lowest BCUT2D eigenvalue weighted by Gasteiger charge is -2.08. The summed E-state index contributed by atoms with van der Waals surface area (Å²) < 4.78 is 65.9. The van der Waals surface area contributed by atoms with Gasteiger partial charge in [0, 0.05) is 17.3 Å². The van der Waals surface area contributed by atoms with Gasteiger partial charge in [-0.2, -0.15) is 21.6 Å². The maximum atomic E-state index is 12.2. The number of fused-ring (bicyclic) bond motifs is 1. The maximum absolute atomic E-state index is 12.2. The molecule has 33 heavy (non-hydrogen) atoms. The van der Waals surface area contributed by atoms with E-state index in [0.29, 0.717) is 0 Å². The lowest BCUT2D eigenvalue weighted by atomic mass is 10.1. The third-order valence-corrected chi connectivity index (χ3v) is 5.06. The molecular weight excluding hydrogens is 457 g/mol. The molecule has 174 valence electrons. The summed E-state index contributed by atoms with van der Waals surface area (Å²) in [5, 5.41) is 11.8. The van der Waals surface area contributed by atoms with Gasteiger partial charge < -0.3 is 10.2 Å². The Bertz CT molecular complexity index is 1250. The van der Waals surface area contributed by atoms with Crippen molar-refractivity contribution in [2.45, 2.75) is 18.0 Å².